The fraction of sp³-hybridized carbons (Fsp3) is 0.188. The van der Waals surface area contributed by atoms with Crippen molar-refractivity contribution >= 4 is 17.2 Å². The van der Waals surface area contributed by atoms with Gasteiger partial charge in [-0.3, -0.25) is 14.7 Å². The summed E-state index contributed by atoms with van der Waals surface area (Å²) < 4.78 is 1.42. The van der Waals surface area contributed by atoms with E-state index in [1.54, 1.807) is 11.0 Å². The van der Waals surface area contributed by atoms with Gasteiger partial charge in [0.05, 0.1) is 12.1 Å². The number of para-hydroxylation sites is 1. The van der Waals surface area contributed by atoms with E-state index in [2.05, 4.69) is 10.1 Å². The molecule has 6 heteroatoms. The van der Waals surface area contributed by atoms with Crippen molar-refractivity contribution < 1.29 is 6.22 Å². The van der Waals surface area contributed by atoms with Gasteiger partial charge in [0, 0.05) is 18.9 Å². The van der Waals surface area contributed by atoms with Crippen LogP contribution in [0.4, 0.5) is 5.69 Å². The summed E-state index contributed by atoms with van der Waals surface area (Å²) in [4.78, 5) is 31.1. The SMILES string of the molecule is CCc1cc2nc3c(c(=O)n2[nH]1)CN(c1ccccc1)C3=O.[HH]. The van der Waals surface area contributed by atoms with Gasteiger partial charge >= 0.3 is 0 Å². The maximum Gasteiger partial charge on any atom is 0.278 e. The van der Waals surface area contributed by atoms with Gasteiger partial charge in [-0.05, 0) is 18.6 Å². The van der Waals surface area contributed by atoms with Crippen LogP contribution in [-0.4, -0.2) is 20.5 Å². The molecule has 2 aromatic heterocycles. The van der Waals surface area contributed by atoms with E-state index in [1.165, 1.54) is 4.52 Å². The fourth-order valence-electron chi connectivity index (χ4n) is 2.78. The first-order valence-electron chi connectivity index (χ1n) is 7.19. The number of anilines is 1. The second-order valence-corrected chi connectivity index (χ2v) is 5.30. The highest BCUT2D eigenvalue weighted by Crippen LogP contribution is 2.25. The monoisotopic (exact) mass is 296 g/mol. The Morgan fingerprint density at radius 1 is 1.27 bits per heavy atom. The number of hydrogen-bond acceptors (Lipinski definition) is 3. The van der Waals surface area contributed by atoms with Crippen molar-refractivity contribution in [1.29, 1.82) is 0 Å². The molecule has 1 amide bonds. The molecule has 0 spiro atoms. The van der Waals surface area contributed by atoms with Crippen LogP contribution in [0.15, 0.2) is 41.2 Å². The van der Waals surface area contributed by atoms with Crippen molar-refractivity contribution in [3.05, 3.63) is 63.7 Å². The van der Waals surface area contributed by atoms with Gasteiger partial charge in [-0.2, -0.15) is 0 Å². The standard InChI is InChI=1S/C16H14N4O2.H2/c1-2-10-8-13-17-14-12(15(21)20(13)18-10)9-19(16(14)22)11-6-4-3-5-7-11;/h3-8,18H,2,9H2,1H3;1H. The summed E-state index contributed by atoms with van der Waals surface area (Å²) >= 11 is 0. The van der Waals surface area contributed by atoms with Crippen LogP contribution in [-0.2, 0) is 13.0 Å². The number of amides is 1. The number of nitrogens with zero attached hydrogens (tertiary/aromatic N) is 3. The van der Waals surface area contributed by atoms with E-state index in [-0.39, 0.29) is 25.1 Å². The lowest BCUT2D eigenvalue weighted by atomic mass is 10.2. The molecule has 1 aliphatic rings. The van der Waals surface area contributed by atoms with E-state index in [0.717, 1.165) is 17.8 Å². The molecule has 1 N–H and O–H groups in total. The van der Waals surface area contributed by atoms with E-state index in [9.17, 15) is 9.59 Å². The Morgan fingerprint density at radius 3 is 2.77 bits per heavy atom. The largest absolute Gasteiger partial charge is 0.302 e. The normalized spacial score (nSPS) is 13.9. The number of benzene rings is 1. The predicted octanol–water partition coefficient (Wildman–Crippen LogP) is 1.99. The number of rotatable bonds is 2. The number of carbonyl (C=O) groups is 1. The number of hydrogen-bond donors (Lipinski definition) is 1. The van der Waals surface area contributed by atoms with Gasteiger partial charge in [0.1, 0.15) is 5.69 Å². The zero-order valence-corrected chi connectivity index (χ0v) is 12.0. The average molecular weight is 296 g/mol. The molecule has 1 aromatic carbocycles. The number of aromatic amines is 1. The Bertz CT molecular complexity index is 946. The van der Waals surface area contributed by atoms with Crippen LogP contribution in [0.25, 0.3) is 5.65 Å². The molecule has 0 unspecified atom stereocenters. The number of fused-ring (bicyclic) bond motifs is 2. The molecule has 112 valence electrons. The lowest BCUT2D eigenvalue weighted by Crippen LogP contribution is -2.23. The minimum atomic E-state index is -0.222. The zero-order chi connectivity index (χ0) is 15.3. The van der Waals surface area contributed by atoms with Crippen molar-refractivity contribution in [2.75, 3.05) is 4.90 Å². The lowest BCUT2D eigenvalue weighted by Gasteiger charge is -2.14. The van der Waals surface area contributed by atoms with E-state index in [4.69, 9.17) is 0 Å². The van der Waals surface area contributed by atoms with E-state index in [1.807, 2.05) is 37.3 Å². The average Bonchev–Trinajstić information content (AvgIpc) is 3.11. The number of H-pyrrole nitrogens is 1. The Balaban J connectivity index is 0.00000156. The highest BCUT2D eigenvalue weighted by atomic mass is 16.2. The molecule has 0 radical (unpaired) electrons. The van der Waals surface area contributed by atoms with Crippen LogP contribution < -0.4 is 10.5 Å². The maximum absolute atomic E-state index is 12.6. The molecular weight excluding hydrogens is 280 g/mol. The predicted molar refractivity (Wildman–Crippen MR) is 84.3 cm³/mol. The molecular formula is C16H16N4O2. The van der Waals surface area contributed by atoms with E-state index >= 15 is 0 Å². The van der Waals surface area contributed by atoms with E-state index in [0.29, 0.717) is 11.2 Å². The summed E-state index contributed by atoms with van der Waals surface area (Å²) in [7, 11) is 0. The first kappa shape index (κ1) is 12.8. The van der Waals surface area contributed by atoms with Crippen molar-refractivity contribution in [2.45, 2.75) is 19.9 Å². The molecule has 22 heavy (non-hydrogen) atoms. The Morgan fingerprint density at radius 2 is 2.05 bits per heavy atom. The van der Waals surface area contributed by atoms with Gasteiger partial charge in [-0.1, -0.05) is 25.1 Å². The van der Waals surface area contributed by atoms with Crippen molar-refractivity contribution in [2.24, 2.45) is 0 Å². The summed E-state index contributed by atoms with van der Waals surface area (Å²) in [6, 6.07) is 11.1. The van der Waals surface area contributed by atoms with Gasteiger partial charge in [-0.15, -0.1) is 0 Å². The zero-order valence-electron chi connectivity index (χ0n) is 12.0. The lowest BCUT2D eigenvalue weighted by molar-refractivity contribution is 0.0992. The summed E-state index contributed by atoms with van der Waals surface area (Å²) in [5, 5.41) is 3.02. The first-order valence-corrected chi connectivity index (χ1v) is 7.19. The number of aryl methyl sites for hydroxylation is 1. The molecule has 3 heterocycles. The molecule has 6 nitrogen and oxygen atoms in total. The van der Waals surface area contributed by atoms with Crippen molar-refractivity contribution in [3.63, 3.8) is 0 Å². The molecule has 0 saturated heterocycles. The molecule has 3 aromatic rings. The Labute approximate surface area is 127 Å². The van der Waals surface area contributed by atoms with Gasteiger partial charge in [0.2, 0.25) is 0 Å². The molecule has 1 aliphatic heterocycles. The third-order valence-electron chi connectivity index (χ3n) is 3.97. The number of nitrogens with one attached hydrogen (secondary N) is 1. The van der Waals surface area contributed by atoms with Crippen LogP contribution in [0.1, 0.15) is 30.1 Å². The highest BCUT2D eigenvalue weighted by Gasteiger charge is 2.33. The van der Waals surface area contributed by atoms with Crippen LogP contribution >= 0.6 is 0 Å². The first-order chi connectivity index (χ1) is 10.7. The molecule has 0 aliphatic carbocycles. The fourth-order valence-corrected chi connectivity index (χ4v) is 2.78. The molecule has 0 atom stereocenters. The van der Waals surface area contributed by atoms with Crippen LogP contribution in [0.5, 0.6) is 0 Å². The van der Waals surface area contributed by atoms with Crippen LogP contribution in [0.2, 0.25) is 0 Å². The second kappa shape index (κ2) is 4.56. The quantitative estimate of drug-likeness (QED) is 0.786. The Hall–Kier alpha value is -2.89. The van der Waals surface area contributed by atoms with Crippen molar-refractivity contribution in [3.8, 4) is 0 Å². The molecule has 0 bridgehead atoms. The summed E-state index contributed by atoms with van der Waals surface area (Å²) in [6.45, 7) is 2.25. The molecule has 0 saturated carbocycles. The maximum atomic E-state index is 12.6. The van der Waals surface area contributed by atoms with Crippen molar-refractivity contribution in [1.82, 2.24) is 14.6 Å². The van der Waals surface area contributed by atoms with E-state index < -0.39 is 0 Å². The van der Waals surface area contributed by atoms with Gasteiger partial charge < -0.3 is 4.90 Å². The van der Waals surface area contributed by atoms with Crippen LogP contribution in [0.3, 0.4) is 0 Å². The van der Waals surface area contributed by atoms with Crippen LogP contribution in [0, 0.1) is 0 Å². The topological polar surface area (TPSA) is 70.5 Å². The second-order valence-electron chi connectivity index (χ2n) is 5.30. The third kappa shape index (κ3) is 1.70. The highest BCUT2D eigenvalue weighted by molar-refractivity contribution is 6.08. The molecule has 0 fully saturated rings. The minimum absolute atomic E-state index is 0. The molecule has 4 rings (SSSR count). The number of carbonyl (C=O) groups excluding carboxylic acids is 1. The minimum Gasteiger partial charge on any atom is -0.302 e. The van der Waals surface area contributed by atoms with Gasteiger partial charge in [0.25, 0.3) is 11.5 Å². The van der Waals surface area contributed by atoms with Gasteiger partial charge in [-0.25, -0.2) is 9.50 Å². The number of aromatic nitrogens is 3. The Kier molecular flexibility index (Phi) is 2.66. The summed E-state index contributed by atoms with van der Waals surface area (Å²) in [5.74, 6) is -0.222. The smallest absolute Gasteiger partial charge is 0.278 e. The summed E-state index contributed by atoms with van der Waals surface area (Å²) in [5.41, 5.74) is 2.68. The summed E-state index contributed by atoms with van der Waals surface area (Å²) in [6.07, 6.45) is 0.775. The van der Waals surface area contributed by atoms with Gasteiger partial charge in [0.15, 0.2) is 5.65 Å². The third-order valence-corrected chi connectivity index (χ3v) is 3.97.